The lowest BCUT2D eigenvalue weighted by Gasteiger charge is -2.25. The predicted molar refractivity (Wildman–Crippen MR) is 123 cm³/mol. The van der Waals surface area contributed by atoms with E-state index >= 15 is 0 Å². The molecule has 1 aromatic rings. The predicted octanol–water partition coefficient (Wildman–Crippen LogP) is 7.08. The number of ether oxygens (including phenoxy) is 1. The Kier molecular flexibility index (Phi) is 9.54. The summed E-state index contributed by atoms with van der Waals surface area (Å²) in [5.74, 6) is 1.05. The fourth-order valence-electron chi connectivity index (χ4n) is 2.53. The summed E-state index contributed by atoms with van der Waals surface area (Å²) in [5, 5.41) is 0. The summed E-state index contributed by atoms with van der Waals surface area (Å²) in [5.41, 5.74) is 4.16. The Labute approximate surface area is 173 Å². The van der Waals surface area contributed by atoms with E-state index in [2.05, 4.69) is 45.1 Å². The quantitative estimate of drug-likeness (QED) is 0.274. The number of carbonyl (C=O) groups is 1. The second-order valence-corrected chi connectivity index (χ2v) is 10.2. The molecule has 5 heteroatoms. The smallest absolute Gasteiger partial charge is 0.414 e. The molecule has 0 aromatic heterocycles. The van der Waals surface area contributed by atoms with Crippen molar-refractivity contribution in [3.8, 4) is 0 Å². The van der Waals surface area contributed by atoms with E-state index in [1.165, 1.54) is 21.6 Å². The molecule has 27 heavy (non-hydrogen) atoms. The summed E-state index contributed by atoms with van der Waals surface area (Å²) < 4.78 is 5.46. The third-order valence-corrected chi connectivity index (χ3v) is 6.41. The Morgan fingerprint density at radius 2 is 1.81 bits per heavy atom. The maximum absolute atomic E-state index is 12.3. The highest BCUT2D eigenvalue weighted by Crippen LogP contribution is 2.31. The van der Waals surface area contributed by atoms with E-state index in [1.807, 2.05) is 55.4 Å². The van der Waals surface area contributed by atoms with Gasteiger partial charge in [0.15, 0.2) is 0 Å². The molecule has 150 valence electrons. The van der Waals surface area contributed by atoms with Gasteiger partial charge in [0.25, 0.3) is 0 Å². The SMILES string of the molecule is C/C=C\C=C(/C)SSCCc1c(C)cc(N(C)C(=O)OC(C)(C)C)cc1C. The topological polar surface area (TPSA) is 29.5 Å². The van der Waals surface area contributed by atoms with Crippen LogP contribution in [0.4, 0.5) is 10.5 Å². The highest BCUT2D eigenvalue weighted by Gasteiger charge is 2.21. The van der Waals surface area contributed by atoms with Gasteiger partial charge in [0, 0.05) is 18.5 Å². The fourth-order valence-corrected chi connectivity index (χ4v) is 4.45. The van der Waals surface area contributed by atoms with Gasteiger partial charge in [-0.1, -0.05) is 39.8 Å². The third kappa shape index (κ3) is 8.48. The summed E-state index contributed by atoms with van der Waals surface area (Å²) in [6, 6.07) is 4.14. The summed E-state index contributed by atoms with van der Waals surface area (Å²) in [6.45, 7) is 14.0. The van der Waals surface area contributed by atoms with Gasteiger partial charge in [0.05, 0.1) is 0 Å². The van der Waals surface area contributed by atoms with Crippen molar-refractivity contribution in [1.29, 1.82) is 0 Å². The van der Waals surface area contributed by atoms with Gasteiger partial charge >= 0.3 is 6.09 Å². The number of anilines is 1. The van der Waals surface area contributed by atoms with Gasteiger partial charge in [-0.3, -0.25) is 4.90 Å². The van der Waals surface area contributed by atoms with Crippen molar-refractivity contribution in [2.24, 2.45) is 0 Å². The van der Waals surface area contributed by atoms with E-state index in [-0.39, 0.29) is 6.09 Å². The highest BCUT2D eigenvalue weighted by atomic mass is 33.1. The molecule has 1 amide bonds. The first-order valence-corrected chi connectivity index (χ1v) is 11.5. The van der Waals surface area contributed by atoms with Gasteiger partial charge in [-0.2, -0.15) is 0 Å². The van der Waals surface area contributed by atoms with Crippen LogP contribution in [0.2, 0.25) is 0 Å². The van der Waals surface area contributed by atoms with E-state index in [1.54, 1.807) is 11.9 Å². The number of allylic oxidation sites excluding steroid dienone is 4. The summed E-state index contributed by atoms with van der Waals surface area (Å²) in [4.78, 5) is 15.2. The number of rotatable bonds is 7. The third-order valence-electron chi connectivity index (χ3n) is 3.88. The van der Waals surface area contributed by atoms with Crippen molar-refractivity contribution in [1.82, 2.24) is 0 Å². The van der Waals surface area contributed by atoms with E-state index in [0.717, 1.165) is 17.9 Å². The number of benzene rings is 1. The van der Waals surface area contributed by atoms with Crippen molar-refractivity contribution in [3.63, 3.8) is 0 Å². The van der Waals surface area contributed by atoms with E-state index < -0.39 is 5.60 Å². The molecule has 1 rings (SSSR count). The number of hydrogen-bond acceptors (Lipinski definition) is 4. The molecule has 3 nitrogen and oxygen atoms in total. The van der Waals surface area contributed by atoms with Gasteiger partial charge in [0.2, 0.25) is 0 Å². The Morgan fingerprint density at radius 1 is 1.22 bits per heavy atom. The number of nitrogens with zero attached hydrogens (tertiary/aromatic N) is 1. The largest absolute Gasteiger partial charge is 0.443 e. The summed E-state index contributed by atoms with van der Waals surface area (Å²) in [7, 11) is 5.46. The summed E-state index contributed by atoms with van der Waals surface area (Å²) in [6.07, 6.45) is 6.93. The average Bonchev–Trinajstić information content (AvgIpc) is 2.56. The second kappa shape index (κ2) is 10.9. The zero-order valence-corrected chi connectivity index (χ0v) is 19.5. The molecular weight excluding hydrogens is 374 g/mol. The standard InChI is InChI=1S/C22H33NO2S2/c1-9-10-11-18(4)27-26-13-12-20-16(2)14-19(15-17(20)3)23(8)21(24)25-22(5,6)7/h9-11,14-15H,12-13H2,1-8H3/b10-9-,18-11+. The first kappa shape index (κ1) is 23.7. The molecule has 0 bridgehead atoms. The Bertz CT molecular complexity index is 680. The molecular formula is C22H33NO2S2. The normalized spacial score (nSPS) is 12.5. The average molecular weight is 408 g/mol. The molecule has 0 aliphatic carbocycles. The minimum atomic E-state index is -0.496. The fraction of sp³-hybridized carbons (Fsp3) is 0.500. The van der Waals surface area contributed by atoms with Crippen molar-refractivity contribution in [2.45, 2.75) is 60.5 Å². The minimum Gasteiger partial charge on any atom is -0.443 e. The van der Waals surface area contributed by atoms with Gasteiger partial charge in [-0.25, -0.2) is 4.79 Å². The van der Waals surface area contributed by atoms with Crippen LogP contribution in [0.5, 0.6) is 0 Å². The molecule has 0 saturated heterocycles. The van der Waals surface area contributed by atoms with Crippen molar-refractivity contribution in [2.75, 3.05) is 17.7 Å². The minimum absolute atomic E-state index is 0.329. The molecule has 0 fully saturated rings. The maximum Gasteiger partial charge on any atom is 0.414 e. The van der Waals surface area contributed by atoms with E-state index in [9.17, 15) is 4.79 Å². The molecule has 0 unspecified atom stereocenters. The van der Waals surface area contributed by atoms with Crippen molar-refractivity contribution in [3.05, 3.63) is 52.0 Å². The van der Waals surface area contributed by atoms with Crippen LogP contribution in [0.1, 0.15) is 51.3 Å². The van der Waals surface area contributed by atoms with E-state index in [4.69, 9.17) is 4.74 Å². The Hall–Kier alpha value is -1.33. The zero-order chi connectivity index (χ0) is 20.6. The van der Waals surface area contributed by atoms with Crippen LogP contribution >= 0.6 is 21.6 Å². The summed E-state index contributed by atoms with van der Waals surface area (Å²) >= 11 is 0. The lowest BCUT2D eigenvalue weighted by molar-refractivity contribution is 0.0589. The monoisotopic (exact) mass is 407 g/mol. The second-order valence-electron chi connectivity index (χ2n) is 7.56. The van der Waals surface area contributed by atoms with Crippen molar-refractivity contribution >= 4 is 33.4 Å². The van der Waals surface area contributed by atoms with Crippen LogP contribution in [0.3, 0.4) is 0 Å². The Balaban J connectivity index is 2.74. The molecule has 0 N–H and O–H groups in total. The number of hydrogen-bond donors (Lipinski definition) is 0. The molecule has 0 saturated carbocycles. The number of aryl methyl sites for hydroxylation is 2. The van der Waals surface area contributed by atoms with Gasteiger partial charge < -0.3 is 4.74 Å². The first-order chi connectivity index (χ1) is 12.5. The Morgan fingerprint density at radius 3 is 2.33 bits per heavy atom. The molecule has 0 radical (unpaired) electrons. The van der Waals surface area contributed by atoms with E-state index in [0.29, 0.717) is 0 Å². The van der Waals surface area contributed by atoms with Crippen LogP contribution in [0.15, 0.2) is 35.3 Å². The zero-order valence-electron chi connectivity index (χ0n) is 17.9. The molecule has 0 heterocycles. The lowest BCUT2D eigenvalue weighted by atomic mass is 9.99. The van der Waals surface area contributed by atoms with Crippen LogP contribution in [-0.2, 0) is 11.2 Å². The first-order valence-electron chi connectivity index (χ1n) is 9.21. The number of amides is 1. The van der Waals surface area contributed by atoms with Gasteiger partial charge in [0.1, 0.15) is 5.60 Å². The molecule has 0 spiro atoms. The molecule has 1 aromatic carbocycles. The molecule has 0 aliphatic rings. The van der Waals surface area contributed by atoms with Gasteiger partial charge in [-0.15, -0.1) is 0 Å². The molecule has 0 aliphatic heterocycles. The van der Waals surface area contributed by atoms with Crippen LogP contribution < -0.4 is 4.90 Å². The van der Waals surface area contributed by atoms with Crippen LogP contribution in [0, 0.1) is 13.8 Å². The number of carbonyl (C=O) groups excluding carboxylic acids is 1. The van der Waals surface area contributed by atoms with Gasteiger partial charge in [-0.05, 0) is 88.6 Å². The van der Waals surface area contributed by atoms with Crippen LogP contribution in [-0.4, -0.2) is 24.5 Å². The lowest BCUT2D eigenvalue weighted by Crippen LogP contribution is -2.34. The highest BCUT2D eigenvalue weighted by molar-refractivity contribution is 8.78. The van der Waals surface area contributed by atoms with Crippen molar-refractivity contribution < 1.29 is 9.53 Å². The maximum atomic E-state index is 12.3. The van der Waals surface area contributed by atoms with Crippen LogP contribution in [0.25, 0.3) is 0 Å². The molecule has 0 atom stereocenters.